The molecule has 0 spiro atoms. The molecule has 1 heterocycles. The van der Waals surface area contributed by atoms with Crippen molar-refractivity contribution in [3.63, 3.8) is 0 Å². The molecule has 0 fully saturated rings. The maximum atomic E-state index is 9.67. The van der Waals surface area contributed by atoms with Crippen molar-refractivity contribution in [2.45, 2.75) is 20.8 Å². The summed E-state index contributed by atoms with van der Waals surface area (Å²) < 4.78 is 11.9. The lowest BCUT2D eigenvalue weighted by molar-refractivity contribution is 0.309. The zero-order valence-corrected chi connectivity index (χ0v) is 18.1. The third kappa shape index (κ3) is 3.35. The first-order chi connectivity index (χ1) is 13.9. The Bertz CT molecular complexity index is 1170. The standard InChI is InChI=1S/C22H19BrN4O2/c1-5-29-21-17(23)7-13(8-18(21)28-4)6-14-11(2)15(9-24)20-19(14)12(3)16(10-25)22(26)27-20/h6-8H,5H2,1-4H3,(H2,26,27)/b14-6-. The molecule has 1 aromatic carbocycles. The van der Waals surface area contributed by atoms with Crippen molar-refractivity contribution in [1.29, 1.82) is 10.5 Å². The zero-order valence-electron chi connectivity index (χ0n) is 16.6. The Morgan fingerprint density at radius 2 is 1.97 bits per heavy atom. The number of halogens is 1. The lowest BCUT2D eigenvalue weighted by Gasteiger charge is -2.14. The fraction of sp³-hybridized carbons (Fsp3) is 0.227. The molecule has 146 valence electrons. The molecule has 0 radical (unpaired) electrons. The number of methoxy groups -OCH3 is 1. The summed E-state index contributed by atoms with van der Waals surface area (Å²) in [7, 11) is 1.58. The second-order valence-corrected chi connectivity index (χ2v) is 7.32. The lowest BCUT2D eigenvalue weighted by Crippen LogP contribution is -2.03. The van der Waals surface area contributed by atoms with Crippen molar-refractivity contribution in [3.05, 3.63) is 50.1 Å². The van der Waals surface area contributed by atoms with E-state index in [0.29, 0.717) is 40.5 Å². The Balaban J connectivity index is 2.27. The van der Waals surface area contributed by atoms with Gasteiger partial charge in [0.25, 0.3) is 0 Å². The fourth-order valence-electron chi connectivity index (χ4n) is 3.47. The van der Waals surface area contributed by atoms with Crippen LogP contribution in [0.15, 0.2) is 22.2 Å². The number of pyridine rings is 1. The topological polar surface area (TPSA) is 105 Å². The van der Waals surface area contributed by atoms with E-state index >= 15 is 0 Å². The van der Waals surface area contributed by atoms with Gasteiger partial charge in [-0.15, -0.1) is 0 Å². The molecule has 7 heteroatoms. The maximum absolute atomic E-state index is 9.67. The largest absolute Gasteiger partial charge is 0.493 e. The first kappa shape index (κ1) is 20.4. The van der Waals surface area contributed by atoms with Crippen LogP contribution in [-0.2, 0) is 0 Å². The van der Waals surface area contributed by atoms with Crippen LogP contribution in [0.5, 0.6) is 11.5 Å². The van der Waals surface area contributed by atoms with Crippen LogP contribution >= 0.6 is 15.9 Å². The minimum absolute atomic E-state index is 0.135. The summed E-state index contributed by atoms with van der Waals surface area (Å²) in [6.45, 7) is 6.11. The number of benzene rings is 1. The van der Waals surface area contributed by atoms with Crippen molar-refractivity contribution in [2.75, 3.05) is 19.5 Å². The molecule has 0 atom stereocenters. The summed E-state index contributed by atoms with van der Waals surface area (Å²) in [4.78, 5) is 4.35. The summed E-state index contributed by atoms with van der Waals surface area (Å²) in [5, 5.41) is 19.1. The van der Waals surface area contributed by atoms with Crippen LogP contribution in [0.3, 0.4) is 0 Å². The van der Waals surface area contributed by atoms with Gasteiger partial charge in [-0.2, -0.15) is 10.5 Å². The molecule has 0 bridgehead atoms. The van der Waals surface area contributed by atoms with Crippen LogP contribution in [0.25, 0.3) is 17.2 Å². The number of rotatable bonds is 4. The summed E-state index contributed by atoms with van der Waals surface area (Å²) in [6, 6.07) is 8.12. The molecule has 0 saturated heterocycles. The number of ether oxygens (including phenoxy) is 2. The molecular formula is C22H19BrN4O2. The van der Waals surface area contributed by atoms with Crippen molar-refractivity contribution >= 4 is 39.0 Å². The van der Waals surface area contributed by atoms with E-state index in [0.717, 1.165) is 26.7 Å². The zero-order chi connectivity index (χ0) is 21.3. The number of nitrogens with two attached hydrogens (primary N) is 1. The highest BCUT2D eigenvalue weighted by Gasteiger charge is 2.29. The molecule has 2 N–H and O–H groups in total. The van der Waals surface area contributed by atoms with Gasteiger partial charge in [0.1, 0.15) is 18.0 Å². The Morgan fingerprint density at radius 3 is 2.55 bits per heavy atom. The average molecular weight is 451 g/mol. The fourth-order valence-corrected chi connectivity index (χ4v) is 4.04. The van der Waals surface area contributed by atoms with Crippen LogP contribution in [0.4, 0.5) is 5.82 Å². The second-order valence-electron chi connectivity index (χ2n) is 6.47. The van der Waals surface area contributed by atoms with Gasteiger partial charge in [0.2, 0.25) is 0 Å². The number of hydrogen-bond donors (Lipinski definition) is 1. The number of aromatic nitrogens is 1. The molecule has 1 aliphatic carbocycles. The Morgan fingerprint density at radius 1 is 1.24 bits per heavy atom. The van der Waals surface area contributed by atoms with Crippen molar-refractivity contribution in [3.8, 4) is 23.6 Å². The highest BCUT2D eigenvalue weighted by Crippen LogP contribution is 2.45. The number of allylic oxidation sites excluding steroid dienone is 3. The number of fused-ring (bicyclic) bond motifs is 1. The minimum Gasteiger partial charge on any atom is -0.493 e. The monoisotopic (exact) mass is 450 g/mol. The van der Waals surface area contributed by atoms with Gasteiger partial charge in [-0.25, -0.2) is 4.98 Å². The Kier molecular flexibility index (Phi) is 5.63. The van der Waals surface area contributed by atoms with Gasteiger partial charge in [0, 0.05) is 5.56 Å². The molecule has 1 aromatic heterocycles. The molecule has 0 saturated carbocycles. The smallest absolute Gasteiger partial charge is 0.175 e. The van der Waals surface area contributed by atoms with Gasteiger partial charge in [0.05, 0.1) is 35.0 Å². The van der Waals surface area contributed by atoms with E-state index in [4.69, 9.17) is 15.2 Å². The van der Waals surface area contributed by atoms with Crippen molar-refractivity contribution < 1.29 is 9.47 Å². The third-order valence-corrected chi connectivity index (χ3v) is 5.42. The van der Waals surface area contributed by atoms with Gasteiger partial charge in [-0.1, -0.05) is 0 Å². The number of hydrogen-bond acceptors (Lipinski definition) is 6. The molecule has 0 amide bonds. The number of anilines is 1. The molecule has 29 heavy (non-hydrogen) atoms. The third-order valence-electron chi connectivity index (χ3n) is 4.84. The van der Waals surface area contributed by atoms with Gasteiger partial charge >= 0.3 is 0 Å². The van der Waals surface area contributed by atoms with Crippen LogP contribution in [0, 0.1) is 29.6 Å². The predicted octanol–water partition coefficient (Wildman–Crippen LogP) is 4.86. The van der Waals surface area contributed by atoms with Crippen LogP contribution in [-0.4, -0.2) is 18.7 Å². The molecule has 6 nitrogen and oxygen atoms in total. The maximum Gasteiger partial charge on any atom is 0.175 e. The molecule has 0 unspecified atom stereocenters. The number of nitriles is 2. The molecule has 3 rings (SSSR count). The first-order valence-corrected chi connectivity index (χ1v) is 9.71. The SMILES string of the molecule is CCOc1c(Br)cc(/C=C2/C(C)=C(C#N)c3nc(N)c(C#N)c(C)c32)cc1OC. The van der Waals surface area contributed by atoms with Crippen molar-refractivity contribution in [1.82, 2.24) is 4.98 Å². The van der Waals surface area contributed by atoms with Gasteiger partial charge in [-0.3, -0.25) is 0 Å². The van der Waals surface area contributed by atoms with E-state index in [2.05, 4.69) is 33.1 Å². The normalized spacial score (nSPS) is 13.8. The second kappa shape index (κ2) is 7.98. The summed E-state index contributed by atoms with van der Waals surface area (Å²) in [5.74, 6) is 1.36. The first-order valence-electron chi connectivity index (χ1n) is 8.92. The van der Waals surface area contributed by atoms with Gasteiger partial charge in [0.15, 0.2) is 11.5 Å². The highest BCUT2D eigenvalue weighted by atomic mass is 79.9. The Hall–Kier alpha value is -3.29. The highest BCUT2D eigenvalue weighted by molar-refractivity contribution is 9.10. The van der Waals surface area contributed by atoms with Crippen LogP contribution in [0.2, 0.25) is 0 Å². The summed E-state index contributed by atoms with van der Waals surface area (Å²) >= 11 is 3.54. The van der Waals surface area contributed by atoms with E-state index in [1.807, 2.05) is 39.0 Å². The summed E-state index contributed by atoms with van der Waals surface area (Å²) in [5.41, 5.74) is 11.2. The quantitative estimate of drug-likeness (QED) is 0.712. The lowest BCUT2D eigenvalue weighted by atomic mass is 9.95. The summed E-state index contributed by atoms with van der Waals surface area (Å²) in [6.07, 6.45) is 1.95. The minimum atomic E-state index is 0.135. The van der Waals surface area contributed by atoms with E-state index in [9.17, 15) is 10.5 Å². The predicted molar refractivity (Wildman–Crippen MR) is 116 cm³/mol. The van der Waals surface area contributed by atoms with E-state index in [-0.39, 0.29) is 5.82 Å². The van der Waals surface area contributed by atoms with E-state index in [1.54, 1.807) is 7.11 Å². The number of nitrogens with zero attached hydrogens (tertiary/aromatic N) is 3. The Labute approximate surface area is 178 Å². The van der Waals surface area contributed by atoms with Crippen molar-refractivity contribution in [2.24, 2.45) is 0 Å². The van der Waals surface area contributed by atoms with E-state index in [1.165, 1.54) is 0 Å². The molecular weight excluding hydrogens is 432 g/mol. The number of nitrogen functional groups attached to an aromatic ring is 1. The molecule has 2 aromatic rings. The average Bonchev–Trinajstić information content (AvgIpc) is 2.94. The molecule has 0 aliphatic heterocycles. The van der Waals surface area contributed by atoms with Crippen LogP contribution in [0.1, 0.15) is 41.8 Å². The van der Waals surface area contributed by atoms with Crippen LogP contribution < -0.4 is 15.2 Å². The van der Waals surface area contributed by atoms with E-state index < -0.39 is 0 Å². The van der Waals surface area contributed by atoms with Gasteiger partial charge in [-0.05, 0) is 77.2 Å². The van der Waals surface area contributed by atoms with Gasteiger partial charge < -0.3 is 15.2 Å². The molecule has 1 aliphatic rings.